The molecule has 4 nitrogen and oxygen atoms in total. The van der Waals surface area contributed by atoms with Crippen LogP contribution in [0.5, 0.6) is 17.2 Å². The van der Waals surface area contributed by atoms with Crippen LogP contribution < -0.4 is 14.2 Å². The number of aromatic nitrogens is 1. The van der Waals surface area contributed by atoms with Crippen LogP contribution in [0.15, 0.2) is 54.7 Å². The van der Waals surface area contributed by atoms with Gasteiger partial charge in [0.2, 0.25) is 0 Å². The van der Waals surface area contributed by atoms with Gasteiger partial charge in [0, 0.05) is 17.6 Å². The molecule has 0 atom stereocenters. The second kappa shape index (κ2) is 9.14. The summed E-state index contributed by atoms with van der Waals surface area (Å²) in [5.74, 6) is 2.15. The molecule has 0 aliphatic rings. The van der Waals surface area contributed by atoms with Gasteiger partial charge in [-0.05, 0) is 30.5 Å². The highest BCUT2D eigenvalue weighted by Gasteiger charge is 2.10. The molecule has 0 radical (unpaired) electrons. The third kappa shape index (κ3) is 4.54. The van der Waals surface area contributed by atoms with E-state index >= 15 is 0 Å². The topological polar surface area (TPSA) is 40.6 Å². The summed E-state index contributed by atoms with van der Waals surface area (Å²) >= 11 is 0. The highest BCUT2D eigenvalue weighted by molar-refractivity contribution is 5.88. The van der Waals surface area contributed by atoms with E-state index in [1.807, 2.05) is 24.3 Å². The first kappa shape index (κ1) is 18.9. The van der Waals surface area contributed by atoms with Crippen molar-refractivity contribution in [3.8, 4) is 17.2 Å². The van der Waals surface area contributed by atoms with E-state index in [2.05, 4.69) is 29.2 Å². The normalized spacial score (nSPS) is 10.2. The second-order valence-corrected chi connectivity index (χ2v) is 5.47. The Balaban J connectivity index is 0.00000225. The summed E-state index contributed by atoms with van der Waals surface area (Å²) in [7, 11) is 3.24. The van der Waals surface area contributed by atoms with Crippen LogP contribution in [0.4, 0.5) is 0 Å². The maximum Gasteiger partial charge on any atom is 0.162 e. The third-order valence-electron chi connectivity index (χ3n) is 3.92. The first-order valence-electron chi connectivity index (χ1n) is 7.99. The molecule has 0 aliphatic carbocycles. The quantitative estimate of drug-likeness (QED) is 0.574. The fraction of sp³-hybridized carbons (Fsp3) is 0.250. The Hall–Kier alpha value is -2.46. The first-order chi connectivity index (χ1) is 11.8. The van der Waals surface area contributed by atoms with Gasteiger partial charge in [-0.25, -0.2) is 0 Å². The maximum atomic E-state index is 5.98. The van der Waals surface area contributed by atoms with Crippen LogP contribution in [-0.4, -0.2) is 25.8 Å². The van der Waals surface area contributed by atoms with E-state index in [9.17, 15) is 0 Å². The Kier molecular flexibility index (Phi) is 6.90. The summed E-state index contributed by atoms with van der Waals surface area (Å²) in [5.41, 5.74) is 2.15. The zero-order valence-electron chi connectivity index (χ0n) is 14.4. The first-order valence-corrected chi connectivity index (χ1v) is 7.99. The van der Waals surface area contributed by atoms with Crippen molar-refractivity contribution >= 4 is 23.3 Å². The molecule has 3 rings (SSSR count). The van der Waals surface area contributed by atoms with Gasteiger partial charge in [0.05, 0.1) is 26.3 Å². The third-order valence-corrected chi connectivity index (χ3v) is 3.92. The number of nitrogens with zero attached hydrogens (tertiary/aromatic N) is 1. The Morgan fingerprint density at radius 1 is 0.880 bits per heavy atom. The molecular weight excluding hydrogens is 338 g/mol. The van der Waals surface area contributed by atoms with E-state index in [0.717, 1.165) is 29.5 Å². The minimum Gasteiger partial charge on any atom is -0.493 e. The van der Waals surface area contributed by atoms with Crippen molar-refractivity contribution in [1.82, 2.24) is 4.98 Å². The van der Waals surface area contributed by atoms with Gasteiger partial charge in [-0.3, -0.25) is 4.98 Å². The van der Waals surface area contributed by atoms with E-state index in [1.54, 1.807) is 20.4 Å². The Morgan fingerprint density at radius 3 is 2.32 bits per heavy atom. The molecule has 1 aromatic heterocycles. The van der Waals surface area contributed by atoms with Crippen molar-refractivity contribution in [2.24, 2.45) is 0 Å². The number of pyridine rings is 1. The number of halogens is 1. The van der Waals surface area contributed by atoms with Gasteiger partial charge in [0.25, 0.3) is 0 Å². The molecule has 2 aromatic carbocycles. The van der Waals surface area contributed by atoms with Gasteiger partial charge in [-0.15, -0.1) is 12.4 Å². The maximum absolute atomic E-state index is 5.98. The molecule has 132 valence electrons. The lowest BCUT2D eigenvalue weighted by Crippen LogP contribution is -2.00. The minimum atomic E-state index is 0. The van der Waals surface area contributed by atoms with Crippen molar-refractivity contribution in [1.29, 1.82) is 0 Å². The second-order valence-electron chi connectivity index (χ2n) is 5.47. The summed E-state index contributed by atoms with van der Waals surface area (Å²) in [6.07, 6.45) is 3.71. The van der Waals surface area contributed by atoms with Gasteiger partial charge in [-0.2, -0.15) is 0 Å². The molecule has 3 aromatic rings. The van der Waals surface area contributed by atoms with Crippen LogP contribution in [0.3, 0.4) is 0 Å². The number of rotatable bonds is 7. The van der Waals surface area contributed by atoms with Crippen LogP contribution in [0, 0.1) is 0 Å². The number of fused-ring (bicyclic) bond motifs is 1. The molecular formula is C20H22ClNO3. The van der Waals surface area contributed by atoms with E-state index in [1.165, 1.54) is 5.56 Å². The SMILES string of the molecule is COc1cc2nccc(OCCCc3ccccc3)c2cc1OC.Cl. The molecule has 25 heavy (non-hydrogen) atoms. The molecule has 0 saturated carbocycles. The summed E-state index contributed by atoms with van der Waals surface area (Å²) in [6, 6.07) is 16.1. The van der Waals surface area contributed by atoms with Gasteiger partial charge >= 0.3 is 0 Å². The fourth-order valence-corrected chi connectivity index (χ4v) is 2.68. The van der Waals surface area contributed by atoms with Crippen LogP contribution >= 0.6 is 12.4 Å². The molecule has 0 aliphatic heterocycles. The zero-order valence-corrected chi connectivity index (χ0v) is 15.2. The van der Waals surface area contributed by atoms with E-state index in [4.69, 9.17) is 14.2 Å². The Bertz CT molecular complexity index is 809. The van der Waals surface area contributed by atoms with E-state index in [0.29, 0.717) is 18.1 Å². The van der Waals surface area contributed by atoms with E-state index in [-0.39, 0.29) is 12.4 Å². The van der Waals surface area contributed by atoms with Crippen molar-refractivity contribution in [3.05, 3.63) is 60.3 Å². The van der Waals surface area contributed by atoms with Crippen LogP contribution in [0.1, 0.15) is 12.0 Å². The molecule has 0 N–H and O–H groups in total. The highest BCUT2D eigenvalue weighted by atomic mass is 35.5. The fourth-order valence-electron chi connectivity index (χ4n) is 2.68. The smallest absolute Gasteiger partial charge is 0.162 e. The molecule has 0 spiro atoms. The molecule has 1 heterocycles. The Labute approximate surface area is 154 Å². The van der Waals surface area contributed by atoms with Crippen LogP contribution in [-0.2, 0) is 6.42 Å². The van der Waals surface area contributed by atoms with Crippen molar-refractivity contribution in [3.63, 3.8) is 0 Å². The number of methoxy groups -OCH3 is 2. The molecule has 0 amide bonds. The van der Waals surface area contributed by atoms with Gasteiger partial charge in [-0.1, -0.05) is 30.3 Å². The van der Waals surface area contributed by atoms with Gasteiger partial charge < -0.3 is 14.2 Å². The summed E-state index contributed by atoms with van der Waals surface area (Å²) in [5, 5.41) is 0.926. The van der Waals surface area contributed by atoms with Crippen molar-refractivity contribution in [2.75, 3.05) is 20.8 Å². The highest BCUT2D eigenvalue weighted by Crippen LogP contribution is 2.35. The van der Waals surface area contributed by atoms with Crippen molar-refractivity contribution < 1.29 is 14.2 Å². The lowest BCUT2D eigenvalue weighted by atomic mass is 10.1. The van der Waals surface area contributed by atoms with Gasteiger partial charge in [0.1, 0.15) is 5.75 Å². The molecule has 0 unspecified atom stereocenters. The molecule has 0 fully saturated rings. The lowest BCUT2D eigenvalue weighted by Gasteiger charge is -2.12. The number of hydrogen-bond acceptors (Lipinski definition) is 4. The lowest BCUT2D eigenvalue weighted by molar-refractivity contribution is 0.314. The van der Waals surface area contributed by atoms with Crippen molar-refractivity contribution in [2.45, 2.75) is 12.8 Å². The largest absolute Gasteiger partial charge is 0.493 e. The molecule has 5 heteroatoms. The van der Waals surface area contributed by atoms with Crippen LogP contribution in [0.25, 0.3) is 10.9 Å². The summed E-state index contributed by atoms with van der Waals surface area (Å²) in [6.45, 7) is 0.655. The van der Waals surface area contributed by atoms with E-state index < -0.39 is 0 Å². The summed E-state index contributed by atoms with van der Waals surface area (Å²) in [4.78, 5) is 4.39. The standard InChI is InChI=1S/C20H21NO3.ClH/c1-22-19-13-16-17(14-20(19)23-2)21-11-10-18(16)24-12-6-9-15-7-4-3-5-8-15;/h3-5,7-8,10-11,13-14H,6,9,12H2,1-2H3;1H. The number of ether oxygens (including phenoxy) is 3. The molecule has 0 bridgehead atoms. The van der Waals surface area contributed by atoms with Gasteiger partial charge in [0.15, 0.2) is 11.5 Å². The van der Waals surface area contributed by atoms with Crippen LogP contribution in [0.2, 0.25) is 0 Å². The predicted octanol–water partition coefficient (Wildman–Crippen LogP) is 4.69. The average Bonchev–Trinajstić information content (AvgIpc) is 2.65. The zero-order chi connectivity index (χ0) is 16.8. The average molecular weight is 360 g/mol. The minimum absolute atomic E-state index is 0. The predicted molar refractivity (Wildman–Crippen MR) is 102 cm³/mol. The number of benzene rings is 2. The summed E-state index contributed by atoms with van der Waals surface area (Å²) < 4.78 is 16.7. The monoisotopic (exact) mass is 359 g/mol. The number of aryl methyl sites for hydroxylation is 1. The Morgan fingerprint density at radius 2 is 1.60 bits per heavy atom. The number of hydrogen-bond donors (Lipinski definition) is 0. The molecule has 0 saturated heterocycles.